The van der Waals surface area contributed by atoms with E-state index < -0.39 is 5.54 Å². The lowest BCUT2D eigenvalue weighted by Gasteiger charge is -2.47. The minimum Gasteiger partial charge on any atom is -0.494 e. The Kier molecular flexibility index (Phi) is 7.45. The van der Waals surface area contributed by atoms with Crippen molar-refractivity contribution in [1.82, 2.24) is 24.6 Å². The van der Waals surface area contributed by atoms with Gasteiger partial charge in [-0.2, -0.15) is 10.1 Å². The standard InChI is InChI=1S/C24H34N8O4/c1-6-18-21(30(3)24(9-11-36-14-24)22(33)31(18)10-12-34-4)28-23(25)27-17-7-8-19(20(13-17)35-5)32-15-26-16(2)29-32/h7-8,13,15H,6,9-12,14H2,1-5H3,(H3,25,27,28). The second kappa shape index (κ2) is 10.5. The largest absolute Gasteiger partial charge is 0.494 e. The second-order valence-corrected chi connectivity index (χ2v) is 8.71. The highest BCUT2D eigenvalue weighted by Gasteiger charge is 2.53. The maximum atomic E-state index is 13.6. The number of anilines is 1. The average molecular weight is 499 g/mol. The third-order valence-corrected chi connectivity index (χ3v) is 6.57. The molecule has 1 aromatic heterocycles. The molecule has 1 atom stereocenters. The smallest absolute Gasteiger partial charge is 0.255 e. The van der Waals surface area contributed by atoms with E-state index >= 15 is 0 Å². The lowest BCUT2D eigenvalue weighted by molar-refractivity contribution is -0.144. The first-order valence-corrected chi connectivity index (χ1v) is 11.9. The molecule has 36 heavy (non-hydrogen) atoms. The molecule has 1 saturated heterocycles. The number of benzene rings is 1. The predicted octanol–water partition coefficient (Wildman–Crippen LogP) is 1.47. The Morgan fingerprint density at radius 2 is 2.17 bits per heavy atom. The van der Waals surface area contributed by atoms with Crippen molar-refractivity contribution in [3.8, 4) is 11.4 Å². The Morgan fingerprint density at radius 1 is 1.36 bits per heavy atom. The van der Waals surface area contributed by atoms with E-state index in [0.29, 0.717) is 62.3 Å². The van der Waals surface area contributed by atoms with E-state index in [1.807, 2.05) is 44.0 Å². The van der Waals surface area contributed by atoms with Crippen LogP contribution in [0.15, 0.2) is 41.0 Å². The first-order valence-electron chi connectivity index (χ1n) is 11.9. The van der Waals surface area contributed by atoms with Gasteiger partial charge in [0, 0.05) is 45.5 Å². The molecule has 1 aromatic carbocycles. The van der Waals surface area contributed by atoms with Crippen molar-refractivity contribution in [3.63, 3.8) is 0 Å². The predicted molar refractivity (Wildman–Crippen MR) is 135 cm³/mol. The summed E-state index contributed by atoms with van der Waals surface area (Å²) in [6.07, 6.45) is 2.81. The van der Waals surface area contributed by atoms with E-state index in [2.05, 4.69) is 15.4 Å². The highest BCUT2D eigenvalue weighted by atomic mass is 16.5. The van der Waals surface area contributed by atoms with Crippen LogP contribution in [0.3, 0.4) is 0 Å². The van der Waals surface area contributed by atoms with Gasteiger partial charge in [0.05, 0.1) is 26.0 Å². The van der Waals surface area contributed by atoms with Crippen molar-refractivity contribution in [2.45, 2.75) is 32.2 Å². The first-order chi connectivity index (χ1) is 17.3. The number of ether oxygens (including phenoxy) is 3. The van der Waals surface area contributed by atoms with Crippen LogP contribution in [0.2, 0.25) is 0 Å². The Labute approximate surface area is 210 Å². The van der Waals surface area contributed by atoms with E-state index in [9.17, 15) is 4.79 Å². The summed E-state index contributed by atoms with van der Waals surface area (Å²) < 4.78 is 18.1. The van der Waals surface area contributed by atoms with Gasteiger partial charge in [0.25, 0.3) is 5.91 Å². The molecule has 1 spiro atoms. The third kappa shape index (κ3) is 4.61. The molecule has 2 aliphatic rings. The number of hydrogen-bond acceptors (Lipinski definition) is 8. The summed E-state index contributed by atoms with van der Waals surface area (Å²) >= 11 is 0. The molecular formula is C24H34N8O4. The van der Waals surface area contributed by atoms with Gasteiger partial charge in [-0.1, -0.05) is 6.92 Å². The molecule has 0 bridgehead atoms. The molecule has 12 nitrogen and oxygen atoms in total. The summed E-state index contributed by atoms with van der Waals surface area (Å²) in [4.78, 5) is 26.2. The topological polar surface area (TPSA) is 132 Å². The van der Waals surface area contributed by atoms with Gasteiger partial charge in [0.15, 0.2) is 11.8 Å². The van der Waals surface area contributed by atoms with Crippen molar-refractivity contribution < 1.29 is 19.0 Å². The van der Waals surface area contributed by atoms with E-state index in [-0.39, 0.29) is 11.9 Å². The van der Waals surface area contributed by atoms with Crippen molar-refractivity contribution in [1.29, 1.82) is 0 Å². The molecule has 0 radical (unpaired) electrons. The van der Waals surface area contributed by atoms with Crippen LogP contribution in [-0.2, 0) is 14.3 Å². The van der Waals surface area contributed by atoms with Gasteiger partial charge in [-0.15, -0.1) is 0 Å². The van der Waals surface area contributed by atoms with Gasteiger partial charge in [0.1, 0.15) is 29.1 Å². The summed E-state index contributed by atoms with van der Waals surface area (Å²) in [6, 6.07) is 5.54. The average Bonchev–Trinajstić information content (AvgIpc) is 3.54. The van der Waals surface area contributed by atoms with Crippen molar-refractivity contribution >= 4 is 17.6 Å². The van der Waals surface area contributed by atoms with Crippen LogP contribution < -0.4 is 15.8 Å². The van der Waals surface area contributed by atoms with Crippen LogP contribution in [-0.4, -0.2) is 89.6 Å². The summed E-state index contributed by atoms with van der Waals surface area (Å²) in [5, 5.41) is 7.49. The van der Waals surface area contributed by atoms with E-state index in [1.165, 1.54) is 0 Å². The number of nitrogens with zero attached hydrogens (tertiary/aromatic N) is 6. The normalized spacial score (nSPS) is 20.6. The molecule has 1 amide bonds. The Morgan fingerprint density at radius 3 is 2.78 bits per heavy atom. The zero-order chi connectivity index (χ0) is 25.9. The fraction of sp³-hybridized carbons (Fsp3) is 0.500. The van der Waals surface area contributed by atoms with Gasteiger partial charge < -0.3 is 35.1 Å². The number of allylic oxidation sites excluding steroid dienone is 1. The number of aliphatic imine (C=N–C) groups is 1. The van der Waals surface area contributed by atoms with Gasteiger partial charge in [-0.05, 0) is 25.5 Å². The fourth-order valence-corrected chi connectivity index (χ4v) is 4.63. The van der Waals surface area contributed by atoms with Gasteiger partial charge >= 0.3 is 0 Å². The number of methoxy groups -OCH3 is 2. The number of amides is 1. The number of likely N-dealkylation sites (N-methyl/N-ethyl adjacent to an activating group) is 1. The lowest BCUT2D eigenvalue weighted by atomic mass is 9.91. The van der Waals surface area contributed by atoms with Gasteiger partial charge in [-0.25, -0.2) is 9.67 Å². The van der Waals surface area contributed by atoms with Crippen LogP contribution in [0.4, 0.5) is 5.69 Å². The highest BCUT2D eigenvalue weighted by Crippen LogP contribution is 2.38. The first kappa shape index (κ1) is 25.5. The molecule has 2 aliphatic heterocycles. The second-order valence-electron chi connectivity index (χ2n) is 8.71. The molecule has 2 aromatic rings. The number of carbonyl (C=O) groups is 1. The summed E-state index contributed by atoms with van der Waals surface area (Å²) in [6.45, 7) is 5.48. The summed E-state index contributed by atoms with van der Waals surface area (Å²) in [5.74, 6) is 2.08. The number of guanidine groups is 1. The minimum atomic E-state index is -0.813. The summed E-state index contributed by atoms with van der Waals surface area (Å²) in [7, 11) is 5.09. The van der Waals surface area contributed by atoms with Crippen molar-refractivity contribution in [2.75, 3.05) is 52.9 Å². The molecular weight excluding hydrogens is 464 g/mol. The molecule has 3 N–H and O–H groups in total. The fourth-order valence-electron chi connectivity index (χ4n) is 4.63. The number of nitrogens with one attached hydrogen (secondary N) is 1. The monoisotopic (exact) mass is 498 g/mol. The Bertz CT molecular complexity index is 1170. The maximum Gasteiger partial charge on any atom is 0.255 e. The molecule has 194 valence electrons. The van der Waals surface area contributed by atoms with Crippen molar-refractivity contribution in [2.24, 2.45) is 10.7 Å². The molecule has 0 aliphatic carbocycles. The molecule has 3 heterocycles. The molecule has 0 saturated carbocycles. The number of nitrogens with two attached hydrogens (primary N) is 1. The molecule has 1 unspecified atom stereocenters. The SMILES string of the molecule is CCC1=C(N=C(N)Nc2ccc(-n3cnc(C)n3)c(OC)c2)N(C)C2(CCOC2)C(=O)N1CCOC. The summed E-state index contributed by atoms with van der Waals surface area (Å²) in [5.41, 5.74) is 7.79. The lowest BCUT2D eigenvalue weighted by Crippen LogP contribution is -2.62. The third-order valence-electron chi connectivity index (χ3n) is 6.57. The zero-order valence-electron chi connectivity index (χ0n) is 21.4. The van der Waals surface area contributed by atoms with E-state index in [1.54, 1.807) is 30.1 Å². The van der Waals surface area contributed by atoms with Crippen LogP contribution >= 0.6 is 0 Å². The Hall–Kier alpha value is -3.64. The number of aromatic nitrogens is 3. The maximum absolute atomic E-state index is 13.6. The minimum absolute atomic E-state index is 0.00514. The van der Waals surface area contributed by atoms with E-state index in [0.717, 1.165) is 11.4 Å². The molecule has 4 rings (SSSR count). The van der Waals surface area contributed by atoms with Crippen LogP contribution in [0.1, 0.15) is 25.6 Å². The molecule has 1 fully saturated rings. The Balaban J connectivity index is 1.66. The molecule has 12 heteroatoms. The van der Waals surface area contributed by atoms with Crippen molar-refractivity contribution in [3.05, 3.63) is 41.9 Å². The number of hydrogen-bond donors (Lipinski definition) is 2. The van der Waals surface area contributed by atoms with Gasteiger partial charge in [0.2, 0.25) is 0 Å². The van der Waals surface area contributed by atoms with Crippen LogP contribution in [0.25, 0.3) is 5.69 Å². The number of carbonyl (C=O) groups excluding carboxylic acids is 1. The quantitative estimate of drug-likeness (QED) is 0.410. The van der Waals surface area contributed by atoms with Crippen LogP contribution in [0.5, 0.6) is 5.75 Å². The zero-order valence-corrected chi connectivity index (χ0v) is 21.4. The number of rotatable bonds is 8. The van der Waals surface area contributed by atoms with E-state index in [4.69, 9.17) is 24.9 Å². The van der Waals surface area contributed by atoms with Gasteiger partial charge in [-0.3, -0.25) is 4.79 Å². The van der Waals surface area contributed by atoms with Crippen LogP contribution in [0, 0.1) is 6.92 Å². The number of aryl methyl sites for hydroxylation is 1. The highest BCUT2D eigenvalue weighted by molar-refractivity contribution is 5.94.